The molecule has 6 nitrogen and oxygen atoms in total. The molecule has 0 saturated heterocycles. The maximum Gasteiger partial charge on any atom is 0.306 e. The third-order valence-electron chi connectivity index (χ3n) is 11.3. The van der Waals surface area contributed by atoms with Crippen LogP contribution in [0.1, 0.15) is 265 Å². The smallest absolute Gasteiger partial charge is 0.306 e. The maximum absolute atomic E-state index is 13.1. The van der Waals surface area contributed by atoms with Crippen LogP contribution in [0.3, 0.4) is 0 Å². The number of hydrogen-bond donors (Lipinski definition) is 3. The number of hydrogen-bond acceptors (Lipinski definition) is 5. The van der Waals surface area contributed by atoms with Crippen LogP contribution < -0.4 is 5.32 Å². The van der Waals surface area contributed by atoms with Gasteiger partial charge in [0.2, 0.25) is 5.91 Å². The van der Waals surface area contributed by atoms with E-state index in [1.807, 2.05) is 0 Å². The van der Waals surface area contributed by atoms with Crippen LogP contribution in [-0.4, -0.2) is 46.9 Å². The van der Waals surface area contributed by atoms with E-state index in [0.29, 0.717) is 19.3 Å². The molecule has 326 valence electrons. The van der Waals surface area contributed by atoms with E-state index in [1.54, 1.807) is 0 Å². The summed E-state index contributed by atoms with van der Waals surface area (Å²) in [5.74, 6) is -0.490. The Morgan fingerprint density at radius 1 is 0.509 bits per heavy atom. The fourth-order valence-corrected chi connectivity index (χ4v) is 7.61. The van der Waals surface area contributed by atoms with Gasteiger partial charge in [-0.3, -0.25) is 9.59 Å². The number of amides is 1. The number of carbonyl (C=O) groups excluding carboxylic acids is 2. The van der Waals surface area contributed by atoms with Crippen molar-refractivity contribution in [3.63, 3.8) is 0 Å². The summed E-state index contributed by atoms with van der Waals surface area (Å²) in [6.07, 6.45) is 47.0. The summed E-state index contributed by atoms with van der Waals surface area (Å²) in [6.45, 7) is 6.47. The van der Waals surface area contributed by atoms with Gasteiger partial charge in [-0.15, -0.1) is 0 Å². The molecule has 0 aliphatic heterocycles. The van der Waals surface area contributed by atoms with Crippen molar-refractivity contribution in [1.29, 1.82) is 0 Å². The molecule has 0 saturated carbocycles. The van der Waals surface area contributed by atoms with Gasteiger partial charge in [-0.1, -0.05) is 219 Å². The number of rotatable bonds is 44. The average Bonchev–Trinajstić information content (AvgIpc) is 3.18. The number of allylic oxidation sites excluding steroid dienone is 2. The van der Waals surface area contributed by atoms with Crippen LogP contribution in [-0.2, 0) is 14.3 Å². The molecule has 0 spiro atoms. The molecule has 0 aromatic rings. The van der Waals surface area contributed by atoms with Crippen LogP contribution >= 0.6 is 0 Å². The Labute approximate surface area is 342 Å². The largest absolute Gasteiger partial charge is 0.462 e. The average molecular weight is 778 g/mol. The van der Waals surface area contributed by atoms with Crippen molar-refractivity contribution in [3.05, 3.63) is 12.2 Å². The molecule has 0 aliphatic rings. The van der Waals surface area contributed by atoms with Crippen molar-refractivity contribution in [2.75, 3.05) is 6.61 Å². The third kappa shape index (κ3) is 39.2. The quantitative estimate of drug-likeness (QED) is 0.0325. The van der Waals surface area contributed by atoms with Crippen molar-refractivity contribution in [2.24, 2.45) is 0 Å². The highest BCUT2D eigenvalue weighted by molar-refractivity contribution is 5.77. The molecule has 0 heterocycles. The molecule has 0 aromatic heterocycles. The van der Waals surface area contributed by atoms with Gasteiger partial charge in [-0.25, -0.2) is 0 Å². The zero-order valence-electron chi connectivity index (χ0n) is 37.1. The van der Waals surface area contributed by atoms with Gasteiger partial charge in [0.05, 0.1) is 25.2 Å². The molecular weight excluding hydrogens is 683 g/mol. The van der Waals surface area contributed by atoms with Gasteiger partial charge >= 0.3 is 5.97 Å². The van der Waals surface area contributed by atoms with Crippen LogP contribution in [0.2, 0.25) is 0 Å². The summed E-state index contributed by atoms with van der Waals surface area (Å²) in [5.41, 5.74) is 0. The van der Waals surface area contributed by atoms with E-state index in [2.05, 4.69) is 38.2 Å². The Morgan fingerprint density at radius 2 is 0.891 bits per heavy atom. The second kappa shape index (κ2) is 43.7. The first-order valence-electron chi connectivity index (χ1n) is 24.4. The minimum absolute atomic E-state index is 0.0631. The van der Waals surface area contributed by atoms with Crippen LogP contribution in [0, 0.1) is 0 Å². The molecular formula is C49H95NO5. The van der Waals surface area contributed by atoms with Gasteiger partial charge < -0.3 is 20.3 Å². The molecule has 0 aliphatic carbocycles. The van der Waals surface area contributed by atoms with Crippen LogP contribution in [0.5, 0.6) is 0 Å². The highest BCUT2D eigenvalue weighted by Crippen LogP contribution is 2.17. The minimum Gasteiger partial charge on any atom is -0.462 e. The van der Waals surface area contributed by atoms with E-state index in [0.717, 1.165) is 51.4 Å². The van der Waals surface area contributed by atoms with E-state index in [1.165, 1.54) is 167 Å². The highest BCUT2D eigenvalue weighted by atomic mass is 16.5. The molecule has 0 aromatic carbocycles. The Bertz CT molecular complexity index is 832. The van der Waals surface area contributed by atoms with E-state index < -0.39 is 18.2 Å². The lowest BCUT2D eigenvalue weighted by atomic mass is 10.0. The molecule has 0 radical (unpaired) electrons. The Hall–Kier alpha value is -1.40. The zero-order chi connectivity index (χ0) is 40.3. The van der Waals surface area contributed by atoms with E-state index >= 15 is 0 Å². The van der Waals surface area contributed by atoms with Gasteiger partial charge in [-0.2, -0.15) is 0 Å². The summed E-state index contributed by atoms with van der Waals surface area (Å²) in [4.78, 5) is 26.0. The first-order chi connectivity index (χ1) is 27.0. The number of ether oxygens (including phenoxy) is 1. The van der Waals surface area contributed by atoms with Crippen LogP contribution in [0.4, 0.5) is 0 Å². The molecule has 0 rings (SSSR count). The van der Waals surface area contributed by atoms with Crippen LogP contribution in [0.15, 0.2) is 12.2 Å². The lowest BCUT2D eigenvalue weighted by molar-refractivity contribution is -0.151. The number of aliphatic hydroxyl groups is 2. The predicted molar refractivity (Wildman–Crippen MR) is 237 cm³/mol. The number of esters is 1. The van der Waals surface area contributed by atoms with Gasteiger partial charge in [0.15, 0.2) is 0 Å². The van der Waals surface area contributed by atoms with Gasteiger partial charge in [0.1, 0.15) is 6.10 Å². The van der Waals surface area contributed by atoms with Crippen molar-refractivity contribution < 1.29 is 24.5 Å². The summed E-state index contributed by atoms with van der Waals surface area (Å²) < 4.78 is 5.90. The predicted octanol–water partition coefficient (Wildman–Crippen LogP) is 14.2. The topological polar surface area (TPSA) is 95.9 Å². The summed E-state index contributed by atoms with van der Waals surface area (Å²) in [7, 11) is 0. The number of unbranched alkanes of at least 4 members (excludes halogenated alkanes) is 30. The van der Waals surface area contributed by atoms with Crippen molar-refractivity contribution in [1.82, 2.24) is 5.32 Å². The zero-order valence-corrected chi connectivity index (χ0v) is 37.1. The Kier molecular flexibility index (Phi) is 42.6. The fraction of sp³-hybridized carbons (Fsp3) is 0.918. The summed E-state index contributed by atoms with van der Waals surface area (Å²) in [6, 6.07) is -0.701. The first kappa shape index (κ1) is 53.6. The van der Waals surface area contributed by atoms with Crippen molar-refractivity contribution in [2.45, 2.75) is 283 Å². The van der Waals surface area contributed by atoms with E-state index in [4.69, 9.17) is 4.74 Å². The normalized spacial score (nSPS) is 13.3. The van der Waals surface area contributed by atoms with Gasteiger partial charge in [-0.05, 0) is 44.9 Å². The van der Waals surface area contributed by atoms with E-state index in [9.17, 15) is 19.8 Å². The molecule has 3 N–H and O–H groups in total. The van der Waals surface area contributed by atoms with Crippen LogP contribution in [0.25, 0.3) is 0 Å². The van der Waals surface area contributed by atoms with Gasteiger partial charge in [0, 0.05) is 6.42 Å². The maximum atomic E-state index is 13.1. The number of carbonyl (C=O) groups is 2. The Morgan fingerprint density at radius 3 is 1.33 bits per heavy atom. The number of nitrogens with one attached hydrogen (secondary N) is 1. The van der Waals surface area contributed by atoms with E-state index in [-0.39, 0.29) is 24.9 Å². The molecule has 6 heteroatoms. The Balaban J connectivity index is 4.55. The lowest BCUT2D eigenvalue weighted by Gasteiger charge is -2.24. The number of aliphatic hydroxyl groups excluding tert-OH is 2. The summed E-state index contributed by atoms with van der Waals surface area (Å²) in [5, 5.41) is 23.6. The molecule has 1 amide bonds. The lowest BCUT2D eigenvalue weighted by Crippen LogP contribution is -2.46. The SMILES string of the molecule is CCCCCCCC/C=C\CCCC(CC(=O)NC(CO)C(O)CCCCCCCCCCCCC)OC(=O)CCCCCCCCCCCCCCCC. The molecule has 3 unspecified atom stereocenters. The second-order valence-corrected chi connectivity index (χ2v) is 16.9. The minimum atomic E-state index is -0.786. The fourth-order valence-electron chi connectivity index (χ4n) is 7.61. The first-order valence-corrected chi connectivity index (χ1v) is 24.4. The standard InChI is InChI=1S/C49H95NO5/c1-4-7-10-13-16-19-22-23-24-27-30-33-36-39-42-49(54)55-45(40-37-34-31-28-25-20-17-14-11-8-5-2)43-48(53)50-46(44-51)47(52)41-38-35-32-29-26-21-18-15-12-9-6-3/h28,31,45-47,51-52H,4-27,29-30,32-44H2,1-3H3,(H,50,53)/b31-28-. The van der Waals surface area contributed by atoms with Gasteiger partial charge in [0.25, 0.3) is 0 Å². The molecule has 0 bridgehead atoms. The third-order valence-corrected chi connectivity index (χ3v) is 11.3. The van der Waals surface area contributed by atoms with Crippen molar-refractivity contribution in [3.8, 4) is 0 Å². The summed E-state index contributed by atoms with van der Waals surface area (Å²) >= 11 is 0. The second-order valence-electron chi connectivity index (χ2n) is 16.9. The van der Waals surface area contributed by atoms with Crippen molar-refractivity contribution >= 4 is 11.9 Å². The molecule has 0 fully saturated rings. The molecule has 3 atom stereocenters. The monoisotopic (exact) mass is 778 g/mol. The molecule has 55 heavy (non-hydrogen) atoms. The highest BCUT2D eigenvalue weighted by Gasteiger charge is 2.24.